The van der Waals surface area contributed by atoms with Gasteiger partial charge >= 0.3 is 5.63 Å². The van der Waals surface area contributed by atoms with Gasteiger partial charge in [0.05, 0.1) is 6.10 Å². The first-order valence-corrected chi connectivity index (χ1v) is 9.09. The molecule has 0 saturated carbocycles. The van der Waals surface area contributed by atoms with Gasteiger partial charge in [0.15, 0.2) is 0 Å². The molecule has 2 aromatic rings. The van der Waals surface area contributed by atoms with Crippen molar-refractivity contribution < 1.29 is 9.52 Å². The molecular formula is C20H25NO3. The van der Waals surface area contributed by atoms with Crippen LogP contribution in [0.1, 0.15) is 42.9 Å². The summed E-state index contributed by atoms with van der Waals surface area (Å²) >= 11 is 0. The van der Waals surface area contributed by atoms with E-state index in [1.807, 2.05) is 6.92 Å². The van der Waals surface area contributed by atoms with Crippen molar-refractivity contribution in [2.45, 2.75) is 51.7 Å². The number of likely N-dealkylation sites (tertiary alicyclic amines) is 1. The van der Waals surface area contributed by atoms with Crippen molar-refractivity contribution in [1.29, 1.82) is 0 Å². The average Bonchev–Trinajstić information content (AvgIpc) is 3.00. The lowest BCUT2D eigenvalue weighted by molar-refractivity contribution is 0.0696. The Morgan fingerprint density at radius 2 is 1.92 bits per heavy atom. The number of aliphatic hydroxyl groups is 1. The van der Waals surface area contributed by atoms with Crippen LogP contribution in [0.5, 0.6) is 0 Å². The maximum atomic E-state index is 12.0. The molecule has 1 atom stereocenters. The van der Waals surface area contributed by atoms with E-state index in [1.54, 1.807) is 6.07 Å². The SMILES string of the molecule is CC(O)C1CCN(Cc2cc(=O)oc3cc4c(cc23)CCC4)CC1. The molecule has 1 unspecified atom stereocenters. The van der Waals surface area contributed by atoms with Crippen molar-refractivity contribution in [1.82, 2.24) is 4.90 Å². The Labute approximate surface area is 142 Å². The van der Waals surface area contributed by atoms with E-state index >= 15 is 0 Å². The second-order valence-electron chi connectivity index (χ2n) is 7.42. The maximum absolute atomic E-state index is 12.0. The molecule has 2 heterocycles. The zero-order valence-corrected chi connectivity index (χ0v) is 14.3. The first-order valence-electron chi connectivity index (χ1n) is 9.09. The highest BCUT2D eigenvalue weighted by molar-refractivity contribution is 5.82. The smallest absolute Gasteiger partial charge is 0.336 e. The van der Waals surface area contributed by atoms with Gasteiger partial charge in [0.25, 0.3) is 0 Å². The summed E-state index contributed by atoms with van der Waals surface area (Å²) in [6.07, 6.45) is 5.23. The van der Waals surface area contributed by atoms with Crippen LogP contribution in [0.15, 0.2) is 27.4 Å². The Hall–Kier alpha value is -1.65. The summed E-state index contributed by atoms with van der Waals surface area (Å²) in [5.74, 6) is 0.405. The molecule has 0 radical (unpaired) electrons. The van der Waals surface area contributed by atoms with Crippen LogP contribution in [0.25, 0.3) is 11.0 Å². The molecule has 0 amide bonds. The monoisotopic (exact) mass is 327 g/mol. The molecule has 1 aliphatic heterocycles. The molecule has 0 bridgehead atoms. The number of benzene rings is 1. The second-order valence-corrected chi connectivity index (χ2v) is 7.42. The number of piperidine rings is 1. The molecular weight excluding hydrogens is 302 g/mol. The highest BCUT2D eigenvalue weighted by Crippen LogP contribution is 2.29. The summed E-state index contributed by atoms with van der Waals surface area (Å²) in [6.45, 7) is 4.62. The van der Waals surface area contributed by atoms with Gasteiger partial charge in [-0.1, -0.05) is 0 Å². The Morgan fingerprint density at radius 1 is 1.21 bits per heavy atom. The van der Waals surface area contributed by atoms with Crippen molar-refractivity contribution in [3.8, 4) is 0 Å². The largest absolute Gasteiger partial charge is 0.423 e. The highest BCUT2D eigenvalue weighted by atomic mass is 16.4. The van der Waals surface area contributed by atoms with Gasteiger partial charge in [-0.3, -0.25) is 4.90 Å². The van der Waals surface area contributed by atoms with Crippen LogP contribution in [0.3, 0.4) is 0 Å². The quantitative estimate of drug-likeness (QED) is 0.881. The zero-order valence-electron chi connectivity index (χ0n) is 14.3. The number of hydrogen-bond acceptors (Lipinski definition) is 4. The number of rotatable bonds is 3. The third kappa shape index (κ3) is 3.01. The van der Waals surface area contributed by atoms with Crippen LogP contribution in [0, 0.1) is 5.92 Å². The molecule has 1 aliphatic carbocycles. The fourth-order valence-electron chi connectivity index (χ4n) is 4.26. The van der Waals surface area contributed by atoms with Gasteiger partial charge in [0, 0.05) is 18.0 Å². The van der Waals surface area contributed by atoms with Gasteiger partial charge in [-0.15, -0.1) is 0 Å². The minimum Gasteiger partial charge on any atom is -0.423 e. The summed E-state index contributed by atoms with van der Waals surface area (Å²) in [6, 6.07) is 5.96. The normalized spacial score (nSPS) is 20.4. The summed E-state index contributed by atoms with van der Waals surface area (Å²) < 4.78 is 5.46. The maximum Gasteiger partial charge on any atom is 0.336 e. The number of fused-ring (bicyclic) bond motifs is 2. The molecule has 4 heteroatoms. The van der Waals surface area contributed by atoms with Crippen molar-refractivity contribution in [3.05, 3.63) is 45.3 Å². The predicted octanol–water partition coefficient (Wildman–Crippen LogP) is 2.87. The van der Waals surface area contributed by atoms with Crippen molar-refractivity contribution in [2.75, 3.05) is 13.1 Å². The van der Waals surface area contributed by atoms with Crippen molar-refractivity contribution in [2.24, 2.45) is 5.92 Å². The van der Waals surface area contributed by atoms with E-state index in [2.05, 4.69) is 17.0 Å². The van der Waals surface area contributed by atoms with Crippen LogP contribution in [-0.4, -0.2) is 29.2 Å². The summed E-state index contributed by atoms with van der Waals surface area (Å²) in [7, 11) is 0. The third-order valence-corrected chi connectivity index (χ3v) is 5.75. The van der Waals surface area contributed by atoms with Gasteiger partial charge in [-0.2, -0.15) is 0 Å². The van der Waals surface area contributed by atoms with E-state index in [0.717, 1.165) is 61.9 Å². The molecule has 4 nitrogen and oxygen atoms in total. The number of hydrogen-bond donors (Lipinski definition) is 1. The highest BCUT2D eigenvalue weighted by Gasteiger charge is 2.23. The minimum absolute atomic E-state index is 0.223. The van der Waals surface area contributed by atoms with E-state index in [9.17, 15) is 9.90 Å². The summed E-state index contributed by atoms with van der Waals surface area (Å²) in [5.41, 5.74) is 4.30. The molecule has 1 aromatic heterocycles. The Kier molecular flexibility index (Phi) is 4.19. The number of nitrogens with zero attached hydrogens (tertiary/aromatic N) is 1. The lowest BCUT2D eigenvalue weighted by atomic mass is 9.92. The second kappa shape index (κ2) is 6.34. The van der Waals surface area contributed by atoms with Gasteiger partial charge in [-0.25, -0.2) is 4.79 Å². The summed E-state index contributed by atoms with van der Waals surface area (Å²) in [4.78, 5) is 14.4. The van der Waals surface area contributed by atoms with E-state index in [1.165, 1.54) is 17.5 Å². The molecule has 24 heavy (non-hydrogen) atoms. The number of aryl methyl sites for hydroxylation is 2. The topological polar surface area (TPSA) is 53.7 Å². The molecule has 1 saturated heterocycles. The van der Waals surface area contributed by atoms with Gasteiger partial charge in [-0.05, 0) is 86.9 Å². The fraction of sp³-hybridized carbons (Fsp3) is 0.550. The van der Waals surface area contributed by atoms with Crippen LogP contribution >= 0.6 is 0 Å². The Morgan fingerprint density at radius 3 is 2.62 bits per heavy atom. The van der Waals surface area contributed by atoms with Gasteiger partial charge < -0.3 is 9.52 Å². The van der Waals surface area contributed by atoms with E-state index in [4.69, 9.17) is 4.42 Å². The fourth-order valence-corrected chi connectivity index (χ4v) is 4.26. The van der Waals surface area contributed by atoms with Crippen LogP contribution < -0.4 is 5.63 Å². The standard InChI is InChI=1S/C20H25NO3/c1-13(22)14-5-7-21(8-6-14)12-17-11-20(23)24-19-10-16-4-2-3-15(16)9-18(17)19/h9-11,13-14,22H,2-8,12H2,1H3. The zero-order chi connectivity index (χ0) is 16.7. The lowest BCUT2D eigenvalue weighted by Crippen LogP contribution is -2.36. The molecule has 1 fully saturated rings. The Balaban J connectivity index is 1.61. The van der Waals surface area contributed by atoms with E-state index in [-0.39, 0.29) is 11.7 Å². The van der Waals surface area contributed by atoms with Crippen LogP contribution in [0.4, 0.5) is 0 Å². The molecule has 0 spiro atoms. The minimum atomic E-state index is -0.255. The average molecular weight is 327 g/mol. The summed E-state index contributed by atoms with van der Waals surface area (Å²) in [5, 5.41) is 10.8. The predicted molar refractivity (Wildman–Crippen MR) is 94.2 cm³/mol. The Bertz CT molecular complexity index is 800. The van der Waals surface area contributed by atoms with Gasteiger partial charge in [0.2, 0.25) is 0 Å². The first-order chi connectivity index (χ1) is 11.6. The van der Waals surface area contributed by atoms with Crippen LogP contribution in [-0.2, 0) is 19.4 Å². The van der Waals surface area contributed by atoms with Crippen molar-refractivity contribution in [3.63, 3.8) is 0 Å². The first kappa shape index (κ1) is 15.9. The third-order valence-electron chi connectivity index (χ3n) is 5.75. The molecule has 1 aromatic carbocycles. The molecule has 4 rings (SSSR count). The van der Waals surface area contributed by atoms with Crippen LogP contribution in [0.2, 0.25) is 0 Å². The lowest BCUT2D eigenvalue weighted by Gasteiger charge is -2.33. The number of aliphatic hydroxyl groups excluding tert-OH is 1. The van der Waals surface area contributed by atoms with Crippen molar-refractivity contribution >= 4 is 11.0 Å². The van der Waals surface area contributed by atoms with Gasteiger partial charge in [0.1, 0.15) is 5.58 Å². The van der Waals surface area contributed by atoms with E-state index < -0.39 is 0 Å². The van der Waals surface area contributed by atoms with E-state index in [0.29, 0.717) is 5.92 Å². The molecule has 2 aliphatic rings. The molecule has 1 N–H and O–H groups in total. The molecule has 128 valence electrons.